The molecule has 4 heterocycles. The molecule has 0 amide bonds. The molecular weight excluding hydrogens is 460 g/mol. The zero-order valence-electron chi connectivity index (χ0n) is 21.8. The molecule has 0 spiro atoms. The van der Waals surface area contributed by atoms with Gasteiger partial charge in [0.05, 0.1) is 6.42 Å². The molecule has 0 saturated carbocycles. The topological polar surface area (TPSA) is 7.76 Å². The van der Waals surface area contributed by atoms with E-state index in [1.165, 1.54) is 50.3 Å². The van der Waals surface area contributed by atoms with Gasteiger partial charge in [-0.1, -0.05) is 60.7 Å². The largest absolute Gasteiger partial charge is 0.218 e. The van der Waals surface area contributed by atoms with Gasteiger partial charge >= 0.3 is 0 Å². The Kier molecular flexibility index (Phi) is 5.55. The van der Waals surface area contributed by atoms with Crippen molar-refractivity contribution in [3.05, 3.63) is 139 Å². The molecule has 184 valence electrons. The third-order valence-corrected chi connectivity index (χ3v) is 8.56. The quantitative estimate of drug-likeness (QED) is 0.212. The van der Waals surface area contributed by atoms with E-state index in [1.807, 2.05) is 0 Å². The van der Waals surface area contributed by atoms with E-state index >= 15 is 0 Å². The summed E-state index contributed by atoms with van der Waals surface area (Å²) in [4.78, 5) is 0. The van der Waals surface area contributed by atoms with E-state index in [4.69, 9.17) is 6.58 Å². The summed E-state index contributed by atoms with van der Waals surface area (Å²) < 4.78 is 4.88. The predicted octanol–water partition coefficient (Wildman–Crippen LogP) is 7.72. The minimum Gasteiger partial charge on any atom is -0.194 e. The van der Waals surface area contributed by atoms with E-state index in [0.717, 1.165) is 25.0 Å². The normalized spacial score (nSPS) is 17.9. The highest BCUT2D eigenvalue weighted by atomic mass is 15.0. The smallest absolute Gasteiger partial charge is 0.194 e. The maximum Gasteiger partial charge on any atom is 0.218 e. The van der Waals surface area contributed by atoms with E-state index in [-0.39, 0.29) is 0 Å². The lowest BCUT2D eigenvalue weighted by Crippen LogP contribution is -2.49. The number of nitrogens with zero attached hydrogens (tertiary/aromatic N) is 2. The van der Waals surface area contributed by atoms with Crippen LogP contribution in [0.5, 0.6) is 0 Å². The molecule has 0 radical (unpaired) electrons. The second-order valence-corrected chi connectivity index (χ2v) is 10.7. The van der Waals surface area contributed by atoms with Gasteiger partial charge in [-0.05, 0) is 72.9 Å². The Morgan fingerprint density at radius 2 is 1.45 bits per heavy atom. The summed E-state index contributed by atoms with van der Waals surface area (Å²) in [6.07, 6.45) is 7.61. The number of pyridine rings is 2. The molecule has 2 unspecified atom stereocenters. The Balaban J connectivity index is 1.43. The van der Waals surface area contributed by atoms with Crippen LogP contribution in [-0.2, 0) is 6.42 Å². The number of rotatable bonds is 1. The maximum absolute atomic E-state index is 4.73. The first-order valence-corrected chi connectivity index (χ1v) is 13.7. The van der Waals surface area contributed by atoms with Crippen LogP contribution in [0, 0.1) is 6.92 Å². The molecule has 38 heavy (non-hydrogen) atoms. The summed E-state index contributed by atoms with van der Waals surface area (Å²) in [6, 6.07) is 38.1. The highest BCUT2D eigenvalue weighted by Crippen LogP contribution is 2.44. The van der Waals surface area contributed by atoms with Crippen LogP contribution in [0.25, 0.3) is 39.3 Å². The lowest BCUT2D eigenvalue weighted by atomic mass is 9.77. The molecule has 0 N–H and O–H groups in total. The number of aryl methyl sites for hydroxylation is 2. The Labute approximate surface area is 225 Å². The van der Waals surface area contributed by atoms with Crippen LogP contribution in [0.3, 0.4) is 0 Å². The molecule has 2 aliphatic heterocycles. The summed E-state index contributed by atoms with van der Waals surface area (Å²) in [5, 5.41) is 0. The number of fused-ring (bicyclic) bond motifs is 9. The molecule has 2 heteroatoms. The van der Waals surface area contributed by atoms with Gasteiger partial charge in [0.25, 0.3) is 0 Å². The first-order chi connectivity index (χ1) is 18.7. The van der Waals surface area contributed by atoms with Gasteiger partial charge in [0.1, 0.15) is 0 Å². The summed E-state index contributed by atoms with van der Waals surface area (Å²) in [5.74, 6) is 0.414. The number of hydrogen-bond donors (Lipinski definition) is 0. The molecule has 2 aliphatic rings. The molecule has 0 bridgehead atoms. The second kappa shape index (κ2) is 9.22. The Hall–Kier alpha value is -4.30. The fourth-order valence-corrected chi connectivity index (χ4v) is 6.69. The van der Waals surface area contributed by atoms with Crippen molar-refractivity contribution >= 4 is 5.70 Å². The van der Waals surface area contributed by atoms with E-state index in [0.29, 0.717) is 12.0 Å². The summed E-state index contributed by atoms with van der Waals surface area (Å²) in [5.41, 5.74) is 13.0. The second-order valence-electron chi connectivity index (χ2n) is 10.7. The van der Waals surface area contributed by atoms with Crippen LogP contribution in [0.4, 0.5) is 0 Å². The average Bonchev–Trinajstić information content (AvgIpc) is 2.97. The monoisotopic (exact) mass is 492 g/mol. The molecule has 2 aromatic heterocycles. The first-order valence-electron chi connectivity index (χ1n) is 13.7. The van der Waals surface area contributed by atoms with Crippen molar-refractivity contribution in [2.45, 2.75) is 38.1 Å². The Morgan fingerprint density at radius 1 is 0.711 bits per heavy atom. The van der Waals surface area contributed by atoms with Crippen LogP contribution in [-0.4, -0.2) is 0 Å². The zero-order chi connectivity index (χ0) is 25.6. The zero-order valence-corrected chi connectivity index (χ0v) is 21.8. The lowest BCUT2D eigenvalue weighted by molar-refractivity contribution is -0.720. The van der Waals surface area contributed by atoms with Crippen molar-refractivity contribution in [2.75, 3.05) is 0 Å². The van der Waals surface area contributed by atoms with Crippen molar-refractivity contribution in [3.8, 4) is 33.6 Å². The third-order valence-electron chi connectivity index (χ3n) is 8.56. The summed E-state index contributed by atoms with van der Waals surface area (Å²) >= 11 is 0. The molecule has 2 nitrogen and oxygen atoms in total. The molecule has 2 atom stereocenters. The molecular formula is C36H32N2+2. The SMILES string of the molecule is C=C1CC2C(CCc3ccccc3-c3ccc(-c4ccccc4C)c[n+]31)c1ccccc1-c1cccc[n+]12. The molecule has 7 rings (SSSR count). The summed E-state index contributed by atoms with van der Waals surface area (Å²) in [7, 11) is 0. The highest BCUT2D eigenvalue weighted by molar-refractivity contribution is 5.70. The van der Waals surface area contributed by atoms with Gasteiger partial charge in [-0.15, -0.1) is 0 Å². The molecule has 5 aromatic rings. The van der Waals surface area contributed by atoms with Crippen molar-refractivity contribution in [2.24, 2.45) is 0 Å². The van der Waals surface area contributed by atoms with Crippen molar-refractivity contribution in [3.63, 3.8) is 0 Å². The first kappa shape index (κ1) is 22.9. The lowest BCUT2D eigenvalue weighted by Gasteiger charge is -2.31. The van der Waals surface area contributed by atoms with Crippen LogP contribution >= 0.6 is 0 Å². The van der Waals surface area contributed by atoms with Crippen LogP contribution in [0.1, 0.15) is 41.5 Å². The number of hydrogen-bond acceptors (Lipinski definition) is 0. The maximum atomic E-state index is 4.73. The van der Waals surface area contributed by atoms with Gasteiger partial charge in [0, 0.05) is 40.8 Å². The van der Waals surface area contributed by atoms with Gasteiger partial charge in [-0.25, -0.2) is 0 Å². The fourth-order valence-electron chi connectivity index (χ4n) is 6.69. The van der Waals surface area contributed by atoms with Gasteiger partial charge in [0.15, 0.2) is 24.1 Å². The van der Waals surface area contributed by atoms with Crippen molar-refractivity contribution < 1.29 is 9.13 Å². The minimum absolute atomic E-state index is 0.307. The number of allylic oxidation sites excluding steroid dienone is 1. The standard InChI is InChI=1S/C36H32N2/c1-25-11-3-5-13-29(25)28-19-21-35-30-14-6-4-12-27(30)18-20-33-31-15-7-8-16-32(31)34-17-9-10-22-37(34)36(33)23-26(2)38(35)24-28/h3-17,19,21-22,24,33,36H,2,18,20,23H2,1H3/q+2. The van der Waals surface area contributed by atoms with Crippen molar-refractivity contribution in [1.29, 1.82) is 0 Å². The van der Waals surface area contributed by atoms with Crippen LogP contribution < -0.4 is 9.13 Å². The van der Waals surface area contributed by atoms with Crippen LogP contribution in [0.2, 0.25) is 0 Å². The Bertz CT molecular complexity index is 1700. The average molecular weight is 493 g/mol. The minimum atomic E-state index is 0.307. The third kappa shape index (κ3) is 3.71. The summed E-state index contributed by atoms with van der Waals surface area (Å²) in [6.45, 7) is 6.92. The molecule has 3 aromatic carbocycles. The molecule has 0 saturated heterocycles. The highest BCUT2D eigenvalue weighted by Gasteiger charge is 2.42. The van der Waals surface area contributed by atoms with E-state index < -0.39 is 0 Å². The molecule has 0 aliphatic carbocycles. The fraction of sp³-hybridized carbons (Fsp3) is 0.167. The van der Waals surface area contributed by atoms with Gasteiger partial charge in [0.2, 0.25) is 11.4 Å². The van der Waals surface area contributed by atoms with E-state index in [2.05, 4.69) is 132 Å². The van der Waals surface area contributed by atoms with Gasteiger partial charge in [-0.3, -0.25) is 0 Å². The van der Waals surface area contributed by atoms with Crippen LogP contribution in [0.15, 0.2) is 122 Å². The van der Waals surface area contributed by atoms with Gasteiger partial charge in [-0.2, -0.15) is 9.13 Å². The van der Waals surface area contributed by atoms with E-state index in [1.54, 1.807) is 0 Å². The number of benzene rings is 3. The van der Waals surface area contributed by atoms with Gasteiger partial charge < -0.3 is 0 Å². The molecule has 0 fully saturated rings. The predicted molar refractivity (Wildman–Crippen MR) is 154 cm³/mol. The number of aromatic nitrogens is 2. The van der Waals surface area contributed by atoms with E-state index in [9.17, 15) is 0 Å². The Morgan fingerprint density at radius 3 is 2.32 bits per heavy atom. The van der Waals surface area contributed by atoms with Crippen molar-refractivity contribution in [1.82, 2.24) is 0 Å².